The summed E-state index contributed by atoms with van der Waals surface area (Å²) in [6, 6.07) is 12.4. The number of rotatable bonds is 6. The molecular weight excluding hydrogens is 444 g/mol. The number of aromatic nitrogens is 1. The highest BCUT2D eigenvalue weighted by Gasteiger charge is 2.21. The van der Waals surface area contributed by atoms with Crippen LogP contribution in [0, 0.1) is 0 Å². The molecule has 0 saturated carbocycles. The molecule has 0 spiro atoms. The number of hydrogen-bond donors (Lipinski definition) is 2. The second-order valence-corrected chi connectivity index (χ2v) is 8.97. The molecule has 2 aliphatic rings. The van der Waals surface area contributed by atoms with Gasteiger partial charge in [-0.15, -0.1) is 0 Å². The molecule has 0 aliphatic carbocycles. The molecule has 186 valence electrons. The summed E-state index contributed by atoms with van der Waals surface area (Å²) in [6.07, 6.45) is 6.48. The van der Waals surface area contributed by atoms with Crippen molar-refractivity contribution in [3.8, 4) is 0 Å². The van der Waals surface area contributed by atoms with Gasteiger partial charge < -0.3 is 25.3 Å². The van der Waals surface area contributed by atoms with Crippen LogP contribution in [0.3, 0.4) is 0 Å². The van der Waals surface area contributed by atoms with Crippen molar-refractivity contribution in [1.29, 1.82) is 0 Å². The van der Waals surface area contributed by atoms with Crippen LogP contribution in [0.5, 0.6) is 0 Å². The zero-order valence-corrected chi connectivity index (χ0v) is 20.1. The van der Waals surface area contributed by atoms with Crippen LogP contribution in [-0.2, 0) is 4.79 Å². The first-order valence-electron chi connectivity index (χ1n) is 12.5. The number of anilines is 2. The highest BCUT2D eigenvalue weighted by molar-refractivity contribution is 5.95. The molecule has 3 heterocycles. The van der Waals surface area contributed by atoms with Gasteiger partial charge in [-0.2, -0.15) is 0 Å². The highest BCUT2D eigenvalue weighted by atomic mass is 16.2. The third-order valence-corrected chi connectivity index (χ3v) is 6.51. The smallest absolute Gasteiger partial charge is 0.319 e. The fourth-order valence-corrected chi connectivity index (χ4v) is 4.49. The number of benzene rings is 1. The number of carbonyl (C=O) groups is 3. The zero-order chi connectivity index (χ0) is 24.5. The topological polar surface area (TPSA) is 97.9 Å². The lowest BCUT2D eigenvalue weighted by Gasteiger charge is -2.35. The van der Waals surface area contributed by atoms with Gasteiger partial charge >= 0.3 is 6.03 Å². The molecule has 0 unspecified atom stereocenters. The van der Waals surface area contributed by atoms with Crippen molar-refractivity contribution in [2.24, 2.45) is 0 Å². The fourth-order valence-electron chi connectivity index (χ4n) is 4.49. The Hall–Kier alpha value is -3.62. The number of nitrogens with zero attached hydrogens (tertiary/aromatic N) is 4. The van der Waals surface area contributed by atoms with Gasteiger partial charge in [0, 0.05) is 69.7 Å². The van der Waals surface area contributed by atoms with Gasteiger partial charge in [-0.25, -0.2) is 9.78 Å². The third kappa shape index (κ3) is 6.94. The molecule has 0 radical (unpaired) electrons. The summed E-state index contributed by atoms with van der Waals surface area (Å²) < 4.78 is 0. The summed E-state index contributed by atoms with van der Waals surface area (Å²) in [5.41, 5.74) is 1.23. The van der Waals surface area contributed by atoms with Gasteiger partial charge in [-0.1, -0.05) is 18.9 Å². The maximum Gasteiger partial charge on any atom is 0.319 e. The number of piperazine rings is 1. The van der Waals surface area contributed by atoms with Crippen molar-refractivity contribution in [2.75, 3.05) is 56.0 Å². The largest absolute Gasteiger partial charge is 0.353 e. The number of amides is 4. The van der Waals surface area contributed by atoms with Crippen molar-refractivity contribution in [3.05, 3.63) is 54.2 Å². The molecule has 35 heavy (non-hydrogen) atoms. The van der Waals surface area contributed by atoms with Gasteiger partial charge in [0.25, 0.3) is 5.91 Å². The van der Waals surface area contributed by atoms with Gasteiger partial charge in [0.2, 0.25) is 5.91 Å². The number of likely N-dealkylation sites (tertiary alicyclic amines) is 1. The number of nitrogens with one attached hydrogen (secondary N) is 2. The molecule has 0 atom stereocenters. The van der Waals surface area contributed by atoms with Crippen molar-refractivity contribution >= 4 is 29.4 Å². The Morgan fingerprint density at radius 3 is 2.17 bits per heavy atom. The van der Waals surface area contributed by atoms with Crippen molar-refractivity contribution in [1.82, 2.24) is 20.1 Å². The normalized spacial score (nSPS) is 16.4. The van der Waals surface area contributed by atoms with E-state index in [-0.39, 0.29) is 30.8 Å². The maximum atomic E-state index is 12.7. The molecule has 2 saturated heterocycles. The van der Waals surface area contributed by atoms with Gasteiger partial charge in [-0.3, -0.25) is 9.59 Å². The van der Waals surface area contributed by atoms with Crippen molar-refractivity contribution < 1.29 is 14.4 Å². The van der Waals surface area contributed by atoms with Gasteiger partial charge in [0.15, 0.2) is 0 Å². The molecule has 1 aromatic heterocycles. The zero-order valence-electron chi connectivity index (χ0n) is 20.1. The molecule has 2 aliphatic heterocycles. The van der Waals surface area contributed by atoms with E-state index in [1.807, 2.05) is 28.0 Å². The van der Waals surface area contributed by atoms with Crippen LogP contribution in [0.4, 0.5) is 16.3 Å². The van der Waals surface area contributed by atoms with Crippen LogP contribution in [0.15, 0.2) is 48.7 Å². The minimum absolute atomic E-state index is 0.0300. The Balaban J connectivity index is 1.15. The molecule has 9 nitrogen and oxygen atoms in total. The monoisotopic (exact) mass is 478 g/mol. The van der Waals surface area contributed by atoms with E-state index in [1.165, 1.54) is 12.8 Å². The van der Waals surface area contributed by atoms with Gasteiger partial charge in [0.1, 0.15) is 5.82 Å². The predicted molar refractivity (Wildman–Crippen MR) is 135 cm³/mol. The lowest BCUT2D eigenvalue weighted by molar-refractivity contribution is -0.131. The standard InChI is InChI=1S/C26H34N6O3/c33-24(31-19-17-30(18-20-31)23-7-3-4-13-27-23)12-14-28-26(35)29-22-10-8-21(9-11-22)25(34)32-15-5-1-2-6-16-32/h3-4,7-11,13H,1-2,5-6,12,14-20H2,(H2,28,29,35). The summed E-state index contributed by atoms with van der Waals surface area (Å²) in [4.78, 5) is 47.7. The number of urea groups is 1. The molecule has 2 N–H and O–H groups in total. The molecule has 1 aromatic carbocycles. The fraction of sp³-hybridized carbons (Fsp3) is 0.462. The average Bonchev–Trinajstić information content (AvgIpc) is 3.19. The van der Waals surface area contributed by atoms with E-state index in [1.54, 1.807) is 30.5 Å². The number of carbonyl (C=O) groups excluding carboxylic acids is 3. The summed E-state index contributed by atoms with van der Waals surface area (Å²) >= 11 is 0. The second kappa shape index (κ2) is 12.2. The summed E-state index contributed by atoms with van der Waals surface area (Å²) in [6.45, 7) is 4.64. The van der Waals surface area contributed by atoms with E-state index in [0.717, 1.165) is 44.8 Å². The first-order chi connectivity index (χ1) is 17.1. The number of hydrogen-bond acceptors (Lipinski definition) is 5. The van der Waals surface area contributed by atoms with Crippen LogP contribution in [0.1, 0.15) is 42.5 Å². The summed E-state index contributed by atoms with van der Waals surface area (Å²) in [5, 5.41) is 5.50. The lowest BCUT2D eigenvalue weighted by Crippen LogP contribution is -2.49. The van der Waals surface area contributed by atoms with E-state index in [4.69, 9.17) is 0 Å². The van der Waals surface area contributed by atoms with E-state index >= 15 is 0 Å². The first kappa shape index (κ1) is 24.5. The molecule has 9 heteroatoms. The quantitative estimate of drug-likeness (QED) is 0.665. The molecule has 0 bridgehead atoms. The molecule has 4 rings (SSSR count). The Morgan fingerprint density at radius 2 is 1.51 bits per heavy atom. The maximum absolute atomic E-state index is 12.7. The van der Waals surface area contributed by atoms with Crippen LogP contribution in [-0.4, -0.2) is 78.4 Å². The second-order valence-electron chi connectivity index (χ2n) is 8.97. The van der Waals surface area contributed by atoms with E-state index in [2.05, 4.69) is 20.5 Å². The minimum atomic E-state index is -0.371. The van der Waals surface area contributed by atoms with E-state index in [9.17, 15) is 14.4 Å². The average molecular weight is 479 g/mol. The molecular formula is C26H34N6O3. The van der Waals surface area contributed by atoms with Crippen LogP contribution >= 0.6 is 0 Å². The van der Waals surface area contributed by atoms with E-state index < -0.39 is 0 Å². The summed E-state index contributed by atoms with van der Waals surface area (Å²) in [5.74, 6) is 1.00. The van der Waals surface area contributed by atoms with Crippen molar-refractivity contribution in [2.45, 2.75) is 32.1 Å². The van der Waals surface area contributed by atoms with Gasteiger partial charge in [-0.05, 0) is 49.2 Å². The predicted octanol–water partition coefficient (Wildman–Crippen LogP) is 2.96. The minimum Gasteiger partial charge on any atom is -0.353 e. The van der Waals surface area contributed by atoms with E-state index in [0.29, 0.717) is 24.3 Å². The Morgan fingerprint density at radius 1 is 0.800 bits per heavy atom. The van der Waals surface area contributed by atoms with Crippen LogP contribution < -0.4 is 15.5 Å². The van der Waals surface area contributed by atoms with Crippen LogP contribution in [0.25, 0.3) is 0 Å². The third-order valence-electron chi connectivity index (χ3n) is 6.51. The first-order valence-corrected chi connectivity index (χ1v) is 12.5. The molecule has 2 fully saturated rings. The Bertz CT molecular complexity index is 982. The Kier molecular flexibility index (Phi) is 8.53. The number of pyridine rings is 1. The van der Waals surface area contributed by atoms with Gasteiger partial charge in [0.05, 0.1) is 0 Å². The Labute approximate surface area is 206 Å². The SMILES string of the molecule is O=C(NCCC(=O)N1CCN(c2ccccn2)CC1)Nc1ccc(C(=O)N2CCCCCC2)cc1. The summed E-state index contributed by atoms with van der Waals surface area (Å²) in [7, 11) is 0. The van der Waals surface area contributed by atoms with Crippen LogP contribution in [0.2, 0.25) is 0 Å². The molecule has 2 aromatic rings. The molecule has 4 amide bonds. The van der Waals surface area contributed by atoms with Crippen molar-refractivity contribution in [3.63, 3.8) is 0 Å². The highest BCUT2D eigenvalue weighted by Crippen LogP contribution is 2.16. The lowest BCUT2D eigenvalue weighted by atomic mass is 10.1.